The van der Waals surface area contributed by atoms with Gasteiger partial charge < -0.3 is 20.4 Å². The summed E-state index contributed by atoms with van der Waals surface area (Å²) in [7, 11) is 1.71. The predicted octanol–water partition coefficient (Wildman–Crippen LogP) is 1.75. The maximum absolute atomic E-state index is 13.9. The molecule has 3 aliphatic rings. The molecule has 9 nitrogen and oxygen atoms in total. The second-order valence-corrected chi connectivity index (χ2v) is 9.44. The third kappa shape index (κ3) is 3.98. The van der Waals surface area contributed by atoms with Crippen LogP contribution in [0.3, 0.4) is 0 Å². The Hall–Kier alpha value is -3.64. The first-order valence-electron chi connectivity index (χ1n) is 12.1. The van der Waals surface area contributed by atoms with Gasteiger partial charge in [0.15, 0.2) is 18.2 Å². The van der Waals surface area contributed by atoms with Crippen molar-refractivity contribution in [3.8, 4) is 11.8 Å². The van der Waals surface area contributed by atoms with Crippen molar-refractivity contribution in [2.75, 3.05) is 26.7 Å². The lowest BCUT2D eigenvalue weighted by Gasteiger charge is -2.42. The van der Waals surface area contributed by atoms with Crippen LogP contribution in [0.5, 0.6) is 0 Å². The molecule has 3 aliphatic heterocycles. The number of piperidine rings is 1. The Morgan fingerprint density at radius 1 is 1.20 bits per heavy atom. The Morgan fingerprint density at radius 3 is 2.71 bits per heavy atom. The van der Waals surface area contributed by atoms with Crippen LogP contribution in [0.2, 0.25) is 0 Å². The molecule has 0 bridgehead atoms. The largest absolute Gasteiger partial charge is 0.341 e. The highest BCUT2D eigenvalue weighted by Gasteiger charge is 2.53. The van der Waals surface area contributed by atoms with E-state index < -0.39 is 12.2 Å². The molecule has 1 aromatic carbocycles. The highest BCUT2D eigenvalue weighted by molar-refractivity contribution is 6.04. The first-order chi connectivity index (χ1) is 16.9. The molecule has 2 fully saturated rings. The predicted molar refractivity (Wildman–Crippen MR) is 134 cm³/mol. The SMILES string of the molecule is CC#CCN1C(N2CCC[C@H](N)C2)=NC2C1C(=O)N(Cc1ncc(C)c3ccccc13)C(=O)N2C. The number of guanidine groups is 1. The van der Waals surface area contributed by atoms with Gasteiger partial charge in [-0.2, -0.15) is 0 Å². The van der Waals surface area contributed by atoms with Crippen LogP contribution in [0.25, 0.3) is 10.8 Å². The van der Waals surface area contributed by atoms with Gasteiger partial charge in [-0.1, -0.05) is 30.2 Å². The van der Waals surface area contributed by atoms with Crippen molar-refractivity contribution in [2.24, 2.45) is 10.7 Å². The normalized spacial score (nSPS) is 24.5. The summed E-state index contributed by atoms with van der Waals surface area (Å²) in [5.74, 6) is 6.45. The molecule has 2 N–H and O–H groups in total. The van der Waals surface area contributed by atoms with Crippen LogP contribution in [-0.2, 0) is 11.3 Å². The fraction of sp³-hybridized carbons (Fsp3) is 0.462. The average Bonchev–Trinajstić information content (AvgIpc) is 3.25. The number of amides is 3. The Balaban J connectivity index is 1.49. The summed E-state index contributed by atoms with van der Waals surface area (Å²) in [4.78, 5) is 43.7. The molecule has 35 heavy (non-hydrogen) atoms. The van der Waals surface area contributed by atoms with Crippen LogP contribution >= 0.6 is 0 Å². The van der Waals surface area contributed by atoms with Crippen molar-refractivity contribution in [3.63, 3.8) is 0 Å². The van der Waals surface area contributed by atoms with Gasteiger partial charge in [-0.05, 0) is 37.6 Å². The lowest BCUT2D eigenvalue weighted by Crippen LogP contribution is -2.65. The maximum Gasteiger partial charge on any atom is 0.328 e. The summed E-state index contributed by atoms with van der Waals surface area (Å²) in [5.41, 5.74) is 7.98. The number of imide groups is 1. The third-order valence-corrected chi connectivity index (χ3v) is 7.12. The lowest BCUT2D eigenvalue weighted by molar-refractivity contribution is -0.138. The smallest absolute Gasteiger partial charge is 0.328 e. The van der Waals surface area contributed by atoms with E-state index in [4.69, 9.17) is 10.7 Å². The van der Waals surface area contributed by atoms with E-state index in [0.29, 0.717) is 24.7 Å². The summed E-state index contributed by atoms with van der Waals surface area (Å²) < 4.78 is 0. The molecule has 0 radical (unpaired) electrons. The zero-order valence-corrected chi connectivity index (χ0v) is 20.4. The number of likely N-dealkylation sites (tertiary alicyclic amines) is 1. The van der Waals surface area contributed by atoms with Gasteiger partial charge in [-0.3, -0.25) is 14.7 Å². The number of likely N-dealkylation sites (N-methyl/N-ethyl adjacent to an activating group) is 1. The lowest BCUT2D eigenvalue weighted by atomic mass is 10.0. The van der Waals surface area contributed by atoms with E-state index in [-0.39, 0.29) is 24.5 Å². The fourth-order valence-corrected chi connectivity index (χ4v) is 5.27. The quantitative estimate of drug-likeness (QED) is 0.682. The highest BCUT2D eigenvalue weighted by Crippen LogP contribution is 2.31. The van der Waals surface area contributed by atoms with Gasteiger partial charge >= 0.3 is 6.03 Å². The Labute approximate surface area is 205 Å². The summed E-state index contributed by atoms with van der Waals surface area (Å²) >= 11 is 0. The molecule has 2 unspecified atom stereocenters. The van der Waals surface area contributed by atoms with Crippen molar-refractivity contribution < 1.29 is 9.59 Å². The van der Waals surface area contributed by atoms with E-state index in [1.807, 2.05) is 36.1 Å². The van der Waals surface area contributed by atoms with Crippen molar-refractivity contribution >= 4 is 28.7 Å². The molecular formula is C26H31N7O2. The summed E-state index contributed by atoms with van der Waals surface area (Å²) in [6.45, 7) is 5.73. The molecule has 1 aromatic heterocycles. The zero-order chi connectivity index (χ0) is 24.7. The number of aryl methyl sites for hydroxylation is 1. The number of fused-ring (bicyclic) bond motifs is 2. The van der Waals surface area contributed by atoms with Gasteiger partial charge in [0.05, 0.1) is 18.8 Å². The van der Waals surface area contributed by atoms with E-state index in [0.717, 1.165) is 35.7 Å². The van der Waals surface area contributed by atoms with Crippen LogP contribution in [0.1, 0.15) is 31.0 Å². The summed E-state index contributed by atoms with van der Waals surface area (Å²) in [5, 5.41) is 2.01. The maximum atomic E-state index is 13.9. The van der Waals surface area contributed by atoms with Gasteiger partial charge in [0.2, 0.25) is 0 Å². The summed E-state index contributed by atoms with van der Waals surface area (Å²) in [6, 6.07) is 6.98. The van der Waals surface area contributed by atoms with Crippen LogP contribution in [0.15, 0.2) is 35.5 Å². The molecule has 3 amide bonds. The van der Waals surface area contributed by atoms with Gasteiger partial charge in [0.1, 0.15) is 0 Å². The molecule has 0 spiro atoms. The Bertz CT molecular complexity index is 1260. The number of urea groups is 1. The number of nitrogens with two attached hydrogens (primary N) is 1. The van der Waals surface area contributed by atoms with Crippen LogP contribution in [0, 0.1) is 18.8 Å². The molecule has 2 saturated heterocycles. The number of aromatic nitrogens is 1. The number of carbonyl (C=O) groups excluding carboxylic acids is 2. The molecule has 5 rings (SSSR count). The Kier molecular flexibility index (Phi) is 6.07. The van der Waals surface area contributed by atoms with Gasteiger partial charge in [0.25, 0.3) is 5.91 Å². The molecule has 0 saturated carbocycles. The Morgan fingerprint density at radius 2 is 1.97 bits per heavy atom. The first-order valence-corrected chi connectivity index (χ1v) is 12.1. The van der Waals surface area contributed by atoms with Crippen molar-refractivity contribution in [3.05, 3.63) is 41.7 Å². The minimum atomic E-state index is -0.636. The molecule has 182 valence electrons. The van der Waals surface area contributed by atoms with Gasteiger partial charge in [-0.15, -0.1) is 5.92 Å². The number of pyridine rings is 1. The number of nitrogens with zero attached hydrogens (tertiary/aromatic N) is 6. The topological polar surface area (TPSA) is 98.4 Å². The van der Waals surface area contributed by atoms with E-state index in [1.165, 1.54) is 4.90 Å². The van der Waals surface area contributed by atoms with Gasteiger partial charge in [-0.25, -0.2) is 9.79 Å². The van der Waals surface area contributed by atoms with Crippen LogP contribution in [0.4, 0.5) is 4.79 Å². The first kappa shape index (κ1) is 23.1. The third-order valence-electron chi connectivity index (χ3n) is 7.12. The van der Waals surface area contributed by atoms with E-state index in [9.17, 15) is 9.59 Å². The fourth-order valence-electron chi connectivity index (χ4n) is 5.27. The monoisotopic (exact) mass is 473 g/mol. The molecule has 4 heterocycles. The second kappa shape index (κ2) is 9.19. The van der Waals surface area contributed by atoms with Gasteiger partial charge in [0, 0.05) is 37.8 Å². The van der Waals surface area contributed by atoms with E-state index in [1.54, 1.807) is 25.1 Å². The van der Waals surface area contributed by atoms with Crippen molar-refractivity contribution in [1.82, 2.24) is 24.6 Å². The van der Waals surface area contributed by atoms with E-state index >= 15 is 0 Å². The highest BCUT2D eigenvalue weighted by atomic mass is 16.2. The number of hydrogen-bond donors (Lipinski definition) is 1. The van der Waals surface area contributed by atoms with Crippen molar-refractivity contribution in [2.45, 2.75) is 51.5 Å². The van der Waals surface area contributed by atoms with Crippen LogP contribution in [-0.4, -0.2) is 87.4 Å². The molecular weight excluding hydrogens is 442 g/mol. The number of benzene rings is 1. The average molecular weight is 474 g/mol. The molecule has 2 aromatic rings. The molecule has 3 atom stereocenters. The van der Waals surface area contributed by atoms with E-state index in [2.05, 4.69) is 21.7 Å². The minimum absolute atomic E-state index is 0.0561. The van der Waals surface area contributed by atoms with Crippen molar-refractivity contribution in [1.29, 1.82) is 0 Å². The molecule has 0 aliphatic carbocycles. The number of hydrogen-bond acceptors (Lipinski definition) is 7. The standard InChI is InChI=1S/C26H31N7O2/c1-4-5-13-32-22-23(29-25(32)31-12-8-9-18(27)15-31)30(3)26(35)33(24(22)34)16-21-20-11-7-6-10-19(20)17(2)14-28-21/h6-7,10-11,14,18,22-23H,8-9,12-13,15-16,27H2,1-3H3/t18-,22?,23?/m0/s1. The molecule has 9 heteroatoms. The number of rotatable bonds is 3. The summed E-state index contributed by atoms with van der Waals surface area (Å²) in [6.07, 6.45) is 3.13. The van der Waals surface area contributed by atoms with Crippen LogP contribution < -0.4 is 5.73 Å². The zero-order valence-electron chi connectivity index (χ0n) is 20.4. The second-order valence-electron chi connectivity index (χ2n) is 9.44. The number of aliphatic imine (C=N–C) groups is 1. The number of carbonyl (C=O) groups is 2. The minimum Gasteiger partial charge on any atom is -0.341 e.